The fourth-order valence-corrected chi connectivity index (χ4v) is 5.42. The van der Waals surface area contributed by atoms with Crippen molar-refractivity contribution < 1.29 is 43.9 Å². The van der Waals surface area contributed by atoms with Gasteiger partial charge in [-0.3, -0.25) is 9.59 Å². The van der Waals surface area contributed by atoms with Crippen molar-refractivity contribution in [1.82, 2.24) is 10.2 Å². The predicted octanol–water partition coefficient (Wildman–Crippen LogP) is 0.978. The van der Waals surface area contributed by atoms with Crippen LogP contribution in [0.1, 0.15) is 36.0 Å². The van der Waals surface area contributed by atoms with E-state index in [0.29, 0.717) is 39.7 Å². The van der Waals surface area contributed by atoms with Crippen LogP contribution in [-0.2, 0) is 22.7 Å². The molecule has 2 amide bonds. The van der Waals surface area contributed by atoms with Crippen LogP contribution in [0.2, 0.25) is 0 Å². The molecule has 1 aliphatic carbocycles. The van der Waals surface area contributed by atoms with E-state index in [1.54, 1.807) is 37.3 Å². The van der Waals surface area contributed by atoms with E-state index in [9.17, 15) is 24.9 Å². The highest BCUT2D eigenvalue weighted by Gasteiger charge is 2.51. The second kappa shape index (κ2) is 11.1. The minimum Gasteiger partial charge on any atom is -0.493 e. The average Bonchev–Trinajstić information content (AvgIpc) is 3.59. The Hall–Kier alpha value is -3.80. The van der Waals surface area contributed by atoms with Crippen LogP contribution in [0.15, 0.2) is 42.0 Å². The highest BCUT2D eigenvalue weighted by Crippen LogP contribution is 2.51. The van der Waals surface area contributed by atoms with Gasteiger partial charge in [0.1, 0.15) is 12.2 Å². The molecule has 11 nitrogen and oxygen atoms in total. The molecule has 11 heteroatoms. The first-order valence-corrected chi connectivity index (χ1v) is 12.8. The number of carbonyl (C=O) groups is 2. The number of fused-ring (bicyclic) bond motifs is 4. The molecule has 2 aromatic rings. The van der Waals surface area contributed by atoms with Gasteiger partial charge in [0, 0.05) is 30.6 Å². The maximum Gasteiger partial charge on any atom is 0.247 e. The zero-order chi connectivity index (χ0) is 27.7. The summed E-state index contributed by atoms with van der Waals surface area (Å²) in [6.45, 7) is 1.53. The van der Waals surface area contributed by atoms with Gasteiger partial charge in [0.25, 0.3) is 0 Å². The lowest BCUT2D eigenvalue weighted by Gasteiger charge is -2.40. The van der Waals surface area contributed by atoms with E-state index in [0.717, 1.165) is 5.56 Å². The van der Waals surface area contributed by atoms with Crippen LogP contribution < -0.4 is 24.3 Å². The van der Waals surface area contributed by atoms with E-state index in [2.05, 4.69) is 5.32 Å². The molecular formula is C28H32N2O9. The molecule has 2 aromatic carbocycles. The Balaban J connectivity index is 1.57. The van der Waals surface area contributed by atoms with Crippen molar-refractivity contribution >= 4 is 11.8 Å². The molecule has 0 bridgehead atoms. The van der Waals surface area contributed by atoms with Crippen molar-refractivity contribution in [3.63, 3.8) is 0 Å². The van der Waals surface area contributed by atoms with Crippen molar-refractivity contribution in [2.24, 2.45) is 0 Å². The summed E-state index contributed by atoms with van der Waals surface area (Å²) in [7, 11) is 1.47. The molecule has 4 atom stereocenters. The average molecular weight is 541 g/mol. The summed E-state index contributed by atoms with van der Waals surface area (Å²) in [6, 6.07) is 7.86. The maximum absolute atomic E-state index is 13.4. The number of ether oxygens (including phenoxy) is 4. The normalized spacial score (nSPS) is 22.3. The SMILES string of the molecule is CCC(=O)N(Cc1ccc2c(c1)OCO2)C1C=C(C(=O)NCCO)C2c3cc(CO)cc(OC)c3OC2C1O. The number of carbonyl (C=O) groups excluding carboxylic acids is 2. The van der Waals surface area contributed by atoms with Crippen LogP contribution in [0.5, 0.6) is 23.0 Å². The van der Waals surface area contributed by atoms with E-state index in [-0.39, 0.29) is 45.4 Å². The number of nitrogens with zero attached hydrogens (tertiary/aromatic N) is 1. The summed E-state index contributed by atoms with van der Waals surface area (Å²) in [5.74, 6) is 0.561. The lowest BCUT2D eigenvalue weighted by molar-refractivity contribution is -0.137. The van der Waals surface area contributed by atoms with E-state index < -0.39 is 30.1 Å². The lowest BCUT2D eigenvalue weighted by Crippen LogP contribution is -2.55. The van der Waals surface area contributed by atoms with Crippen LogP contribution >= 0.6 is 0 Å². The second-order valence-electron chi connectivity index (χ2n) is 9.58. The highest BCUT2D eigenvalue weighted by molar-refractivity contribution is 5.96. The molecule has 0 aromatic heterocycles. The minimum atomic E-state index is -1.19. The van der Waals surface area contributed by atoms with Gasteiger partial charge in [-0.25, -0.2) is 0 Å². The summed E-state index contributed by atoms with van der Waals surface area (Å²) in [5.41, 5.74) is 2.21. The largest absolute Gasteiger partial charge is 0.493 e. The number of aliphatic hydroxyl groups is 3. The molecule has 3 aliphatic rings. The maximum atomic E-state index is 13.4. The second-order valence-corrected chi connectivity index (χ2v) is 9.58. The molecule has 208 valence electrons. The van der Waals surface area contributed by atoms with Crippen molar-refractivity contribution in [2.75, 3.05) is 27.1 Å². The minimum absolute atomic E-state index is 0.0310. The topological polar surface area (TPSA) is 147 Å². The van der Waals surface area contributed by atoms with Gasteiger partial charge in [-0.15, -0.1) is 0 Å². The summed E-state index contributed by atoms with van der Waals surface area (Å²) in [6.07, 6.45) is -0.313. The van der Waals surface area contributed by atoms with Gasteiger partial charge in [-0.2, -0.15) is 0 Å². The van der Waals surface area contributed by atoms with Crippen molar-refractivity contribution in [3.8, 4) is 23.0 Å². The molecule has 5 rings (SSSR count). The molecule has 0 saturated heterocycles. The van der Waals surface area contributed by atoms with Gasteiger partial charge < -0.3 is 44.5 Å². The van der Waals surface area contributed by atoms with E-state index in [1.807, 2.05) is 6.07 Å². The zero-order valence-corrected chi connectivity index (χ0v) is 21.8. The third-order valence-electron chi connectivity index (χ3n) is 7.27. The predicted molar refractivity (Wildman–Crippen MR) is 137 cm³/mol. The third-order valence-corrected chi connectivity index (χ3v) is 7.27. The summed E-state index contributed by atoms with van der Waals surface area (Å²) < 4.78 is 22.6. The van der Waals surface area contributed by atoms with Crippen LogP contribution in [0, 0.1) is 0 Å². The number of hydrogen-bond donors (Lipinski definition) is 4. The number of amides is 2. The first-order valence-electron chi connectivity index (χ1n) is 12.8. The van der Waals surface area contributed by atoms with E-state index in [1.165, 1.54) is 12.0 Å². The fourth-order valence-electron chi connectivity index (χ4n) is 5.42. The number of nitrogens with one attached hydrogen (secondary N) is 1. The number of benzene rings is 2. The van der Waals surface area contributed by atoms with Gasteiger partial charge in [0.05, 0.1) is 32.3 Å². The number of methoxy groups -OCH3 is 1. The van der Waals surface area contributed by atoms with Gasteiger partial charge in [-0.1, -0.05) is 13.0 Å². The third kappa shape index (κ3) is 4.88. The summed E-state index contributed by atoms with van der Waals surface area (Å²) in [5, 5.41) is 33.4. The Morgan fingerprint density at radius 2 is 1.92 bits per heavy atom. The molecule has 0 fully saturated rings. The number of aliphatic hydroxyl groups excluding tert-OH is 3. The number of rotatable bonds is 9. The van der Waals surface area contributed by atoms with Crippen molar-refractivity contribution in [1.29, 1.82) is 0 Å². The van der Waals surface area contributed by atoms with Gasteiger partial charge in [0.2, 0.25) is 18.6 Å². The lowest BCUT2D eigenvalue weighted by atomic mass is 9.77. The number of hydrogen-bond acceptors (Lipinski definition) is 9. The van der Waals surface area contributed by atoms with Crippen LogP contribution in [0.3, 0.4) is 0 Å². The van der Waals surface area contributed by atoms with Crippen molar-refractivity contribution in [2.45, 2.75) is 50.7 Å². The Morgan fingerprint density at radius 3 is 2.64 bits per heavy atom. The summed E-state index contributed by atoms with van der Waals surface area (Å²) >= 11 is 0. The highest BCUT2D eigenvalue weighted by atomic mass is 16.7. The molecule has 0 spiro atoms. The Morgan fingerprint density at radius 1 is 1.13 bits per heavy atom. The molecule has 4 N–H and O–H groups in total. The summed E-state index contributed by atoms with van der Waals surface area (Å²) in [4.78, 5) is 28.2. The fraction of sp³-hybridized carbons (Fsp3) is 0.429. The Kier molecular flexibility index (Phi) is 7.65. The first kappa shape index (κ1) is 26.8. The molecular weight excluding hydrogens is 508 g/mol. The van der Waals surface area contributed by atoms with Crippen LogP contribution in [-0.4, -0.2) is 77.3 Å². The molecule has 0 saturated carbocycles. The van der Waals surface area contributed by atoms with Gasteiger partial charge in [-0.05, 0) is 41.5 Å². The van der Waals surface area contributed by atoms with E-state index >= 15 is 0 Å². The van der Waals surface area contributed by atoms with Crippen LogP contribution in [0.25, 0.3) is 0 Å². The molecule has 2 aliphatic heterocycles. The van der Waals surface area contributed by atoms with Gasteiger partial charge >= 0.3 is 0 Å². The monoisotopic (exact) mass is 540 g/mol. The Bertz CT molecular complexity index is 1290. The Labute approximate surface area is 225 Å². The quantitative estimate of drug-likeness (QED) is 0.365. The molecule has 39 heavy (non-hydrogen) atoms. The molecule has 0 radical (unpaired) electrons. The van der Waals surface area contributed by atoms with Crippen molar-refractivity contribution in [3.05, 3.63) is 58.7 Å². The van der Waals surface area contributed by atoms with Crippen LogP contribution in [0.4, 0.5) is 0 Å². The van der Waals surface area contributed by atoms with Gasteiger partial charge in [0.15, 0.2) is 23.0 Å². The van der Waals surface area contributed by atoms with E-state index in [4.69, 9.17) is 18.9 Å². The molecule has 2 heterocycles. The standard InChI is InChI=1S/C28H32N2O9/c1-3-23(33)30(12-15-4-5-20-21(9-15)38-14-37-20)19-11-18(28(35)29-6-7-31)24-17-8-16(13-32)10-22(36-2)26(17)39-27(24)25(19)34/h4-5,8-11,19,24-25,27,31-32,34H,3,6-7,12-14H2,1-2H3,(H,29,35). The first-order chi connectivity index (χ1) is 18.9. The zero-order valence-electron chi connectivity index (χ0n) is 21.8. The smallest absolute Gasteiger partial charge is 0.247 e. The molecule has 4 unspecified atom stereocenters.